The van der Waals surface area contributed by atoms with Crippen LogP contribution in [0.15, 0.2) is 18.2 Å². The number of fused-ring (bicyclic) bond motifs is 1. The Balaban J connectivity index is 2.54. The van der Waals surface area contributed by atoms with Crippen molar-refractivity contribution in [1.29, 1.82) is 0 Å². The van der Waals surface area contributed by atoms with E-state index < -0.39 is 0 Å². The molecule has 0 heterocycles. The van der Waals surface area contributed by atoms with Crippen LogP contribution in [-0.2, 0) is 6.42 Å². The lowest BCUT2D eigenvalue weighted by molar-refractivity contribution is 0.102. The minimum Gasteiger partial charge on any atom is -0.508 e. The highest BCUT2D eigenvalue weighted by atomic mass is 16.3. The van der Waals surface area contributed by atoms with Gasteiger partial charge in [-0.2, -0.15) is 0 Å². The third kappa shape index (κ3) is 1.09. The van der Waals surface area contributed by atoms with Crippen LogP contribution in [0.1, 0.15) is 22.3 Å². The summed E-state index contributed by atoms with van der Waals surface area (Å²) in [6, 6.07) is 4.91. The van der Waals surface area contributed by atoms with Gasteiger partial charge in [-0.05, 0) is 30.5 Å². The van der Waals surface area contributed by atoms with Gasteiger partial charge in [0.25, 0.3) is 0 Å². The molecule has 1 aromatic carbocycles. The van der Waals surface area contributed by atoms with E-state index in [1.165, 1.54) is 6.07 Å². The molecule has 0 amide bonds. The lowest BCUT2D eigenvalue weighted by Gasteiger charge is -2.13. The van der Waals surface area contributed by atoms with Crippen molar-refractivity contribution in [3.63, 3.8) is 0 Å². The van der Waals surface area contributed by atoms with Crippen molar-refractivity contribution >= 4 is 5.78 Å². The lowest BCUT2D eigenvalue weighted by atomic mass is 9.91. The Bertz CT molecular complexity index is 329. The highest BCUT2D eigenvalue weighted by molar-refractivity contribution is 6.04. The molecule has 60 valence electrons. The number of Topliss-reactive ketones (excluding diaryl/α,β-unsaturated/α-hetero) is 1. The van der Waals surface area contributed by atoms with Crippen molar-refractivity contribution in [3.05, 3.63) is 35.7 Å². The smallest absolute Gasteiger partial charge is 0.171 e. The summed E-state index contributed by atoms with van der Waals surface area (Å²) in [7, 11) is 0. The molecule has 0 saturated heterocycles. The molecule has 0 atom stereocenters. The maximum absolute atomic E-state index is 11.2. The second-order valence-corrected chi connectivity index (χ2v) is 2.85. The van der Waals surface area contributed by atoms with Crippen LogP contribution in [0.2, 0.25) is 0 Å². The number of phenols is 1. The van der Waals surface area contributed by atoms with E-state index in [-0.39, 0.29) is 11.5 Å². The first kappa shape index (κ1) is 7.35. The molecule has 0 saturated carbocycles. The highest BCUT2D eigenvalue weighted by Crippen LogP contribution is 2.23. The van der Waals surface area contributed by atoms with Crippen molar-refractivity contribution in [1.82, 2.24) is 0 Å². The number of ketones is 1. The zero-order chi connectivity index (χ0) is 8.55. The number of aryl methyl sites for hydroxylation is 1. The van der Waals surface area contributed by atoms with E-state index in [1.54, 1.807) is 12.1 Å². The maximum atomic E-state index is 11.2. The summed E-state index contributed by atoms with van der Waals surface area (Å²) in [5.41, 5.74) is 1.61. The molecule has 0 unspecified atom stereocenters. The quantitative estimate of drug-likeness (QED) is 0.626. The normalized spacial score (nSPS) is 15.8. The highest BCUT2D eigenvalue weighted by Gasteiger charge is 2.17. The van der Waals surface area contributed by atoms with E-state index in [2.05, 4.69) is 6.42 Å². The number of hydrogen-bond acceptors (Lipinski definition) is 2. The van der Waals surface area contributed by atoms with Crippen LogP contribution < -0.4 is 0 Å². The molecular weight excluding hydrogens is 152 g/mol. The zero-order valence-electron chi connectivity index (χ0n) is 6.50. The van der Waals surface area contributed by atoms with E-state index in [1.807, 2.05) is 0 Å². The average molecular weight is 160 g/mol. The molecule has 2 nitrogen and oxygen atoms in total. The van der Waals surface area contributed by atoms with Gasteiger partial charge in [0.15, 0.2) is 5.78 Å². The minimum atomic E-state index is -0.0906. The summed E-state index contributed by atoms with van der Waals surface area (Å²) in [5, 5.41) is 9.13. The summed E-state index contributed by atoms with van der Waals surface area (Å²) in [6.07, 6.45) is 4.26. The molecule has 0 aliphatic heterocycles. The van der Waals surface area contributed by atoms with E-state index in [9.17, 15) is 4.79 Å². The SMILES string of the molecule is O=C1[C]CCc2ccc(O)cc21. The molecular formula is C10H8O2. The number of hydrogen-bond donors (Lipinski definition) is 1. The van der Waals surface area contributed by atoms with Crippen LogP contribution in [0.3, 0.4) is 0 Å². The van der Waals surface area contributed by atoms with Crippen molar-refractivity contribution in [2.75, 3.05) is 0 Å². The Morgan fingerprint density at radius 2 is 2.25 bits per heavy atom. The minimum absolute atomic E-state index is 0.0906. The van der Waals surface area contributed by atoms with Crippen LogP contribution in [0.25, 0.3) is 0 Å². The fourth-order valence-corrected chi connectivity index (χ4v) is 1.40. The summed E-state index contributed by atoms with van der Waals surface area (Å²) < 4.78 is 0. The molecule has 2 radical (unpaired) electrons. The van der Waals surface area contributed by atoms with Crippen LogP contribution in [0, 0.1) is 6.42 Å². The Kier molecular flexibility index (Phi) is 1.61. The monoisotopic (exact) mass is 160 g/mol. The van der Waals surface area contributed by atoms with Gasteiger partial charge in [-0.1, -0.05) is 6.07 Å². The van der Waals surface area contributed by atoms with Gasteiger partial charge in [-0.25, -0.2) is 0 Å². The molecule has 1 aliphatic carbocycles. The third-order valence-electron chi connectivity index (χ3n) is 2.02. The van der Waals surface area contributed by atoms with Gasteiger partial charge in [0.2, 0.25) is 0 Å². The average Bonchev–Trinajstić information content (AvgIpc) is 2.07. The Morgan fingerprint density at radius 1 is 1.42 bits per heavy atom. The van der Waals surface area contributed by atoms with E-state index >= 15 is 0 Å². The largest absolute Gasteiger partial charge is 0.508 e. The molecule has 1 aliphatic rings. The second-order valence-electron chi connectivity index (χ2n) is 2.85. The fourth-order valence-electron chi connectivity index (χ4n) is 1.40. The summed E-state index contributed by atoms with van der Waals surface area (Å²) >= 11 is 0. The van der Waals surface area contributed by atoms with E-state index in [0.717, 1.165) is 12.0 Å². The van der Waals surface area contributed by atoms with Crippen LogP contribution in [0.4, 0.5) is 0 Å². The Labute approximate surface area is 70.8 Å². The fraction of sp³-hybridized carbons (Fsp3) is 0.200. The molecule has 2 rings (SSSR count). The summed E-state index contributed by atoms with van der Waals surface area (Å²) in [4.78, 5) is 11.2. The van der Waals surface area contributed by atoms with E-state index in [4.69, 9.17) is 5.11 Å². The Morgan fingerprint density at radius 3 is 3.08 bits per heavy atom. The standard InChI is InChI=1S/C10H8O2/c11-8-5-4-7-2-1-3-10(12)9(7)6-8/h4-6,11H,1-2H2. The van der Waals surface area contributed by atoms with Crippen LogP contribution in [0.5, 0.6) is 5.75 Å². The van der Waals surface area contributed by atoms with Crippen LogP contribution >= 0.6 is 0 Å². The van der Waals surface area contributed by atoms with Crippen LogP contribution in [-0.4, -0.2) is 10.9 Å². The van der Waals surface area contributed by atoms with Gasteiger partial charge < -0.3 is 5.11 Å². The molecule has 0 spiro atoms. The lowest BCUT2D eigenvalue weighted by Crippen LogP contribution is -2.10. The van der Waals surface area contributed by atoms with Gasteiger partial charge in [0.1, 0.15) is 5.75 Å². The molecule has 1 N–H and O–H groups in total. The molecule has 2 heteroatoms. The van der Waals surface area contributed by atoms with Gasteiger partial charge >= 0.3 is 0 Å². The maximum Gasteiger partial charge on any atom is 0.171 e. The first-order valence-electron chi connectivity index (χ1n) is 3.87. The summed E-state index contributed by atoms with van der Waals surface area (Å²) in [5.74, 6) is 0.0537. The number of aromatic hydroxyl groups is 1. The summed E-state index contributed by atoms with van der Waals surface area (Å²) in [6.45, 7) is 0. The first-order valence-corrected chi connectivity index (χ1v) is 3.87. The van der Waals surface area contributed by atoms with Gasteiger partial charge in [0.05, 0.1) is 6.42 Å². The molecule has 12 heavy (non-hydrogen) atoms. The van der Waals surface area contributed by atoms with E-state index in [0.29, 0.717) is 12.0 Å². The third-order valence-corrected chi connectivity index (χ3v) is 2.02. The molecule has 0 fully saturated rings. The molecule has 0 aromatic heterocycles. The van der Waals surface area contributed by atoms with Gasteiger partial charge in [0, 0.05) is 5.56 Å². The number of benzene rings is 1. The van der Waals surface area contributed by atoms with Crippen molar-refractivity contribution in [2.45, 2.75) is 12.8 Å². The first-order chi connectivity index (χ1) is 5.77. The number of carbonyl (C=O) groups excluding carboxylic acids is 1. The number of phenolic OH excluding ortho intramolecular Hbond substituents is 1. The second kappa shape index (κ2) is 2.63. The molecule has 0 bridgehead atoms. The van der Waals surface area contributed by atoms with Gasteiger partial charge in [-0.15, -0.1) is 0 Å². The van der Waals surface area contributed by atoms with Crippen molar-refractivity contribution in [2.24, 2.45) is 0 Å². The predicted octanol–water partition coefficient (Wildman–Crippen LogP) is 1.60. The number of carbonyl (C=O) groups is 1. The topological polar surface area (TPSA) is 37.3 Å². The van der Waals surface area contributed by atoms with Gasteiger partial charge in [-0.3, -0.25) is 4.79 Å². The predicted molar refractivity (Wildman–Crippen MR) is 44.0 cm³/mol. The van der Waals surface area contributed by atoms with Crippen molar-refractivity contribution in [3.8, 4) is 5.75 Å². The number of rotatable bonds is 0. The Hall–Kier alpha value is -1.31. The zero-order valence-corrected chi connectivity index (χ0v) is 6.50. The van der Waals surface area contributed by atoms with Crippen molar-refractivity contribution < 1.29 is 9.90 Å². The molecule has 1 aromatic rings.